The topological polar surface area (TPSA) is 74.2 Å². The summed E-state index contributed by atoms with van der Waals surface area (Å²) >= 11 is 0. The number of hydrogen-bond acceptors (Lipinski definition) is 6. The number of hydrogen-bond donors (Lipinski definition) is 0. The minimum Gasteiger partial charge on any atom is -0.464 e. The molecular weight excluding hydrogens is 190 g/mol. The zero-order valence-corrected chi connectivity index (χ0v) is 8.57. The minimum absolute atomic E-state index is 0.339. The summed E-state index contributed by atoms with van der Waals surface area (Å²) in [4.78, 5) is 26.5. The van der Waals surface area contributed by atoms with Crippen molar-refractivity contribution in [2.45, 2.75) is 20.0 Å². The van der Waals surface area contributed by atoms with Gasteiger partial charge in [0.1, 0.15) is 7.11 Å². The lowest BCUT2D eigenvalue weighted by Crippen LogP contribution is -2.29. The molecule has 0 aromatic heterocycles. The van der Waals surface area contributed by atoms with Gasteiger partial charge in [-0.15, -0.1) is 0 Å². The Morgan fingerprint density at radius 1 is 1.14 bits per heavy atom. The van der Waals surface area contributed by atoms with Crippen LogP contribution in [-0.4, -0.2) is 38.0 Å². The first kappa shape index (κ1) is 12.4. The average Bonchev–Trinajstić information content (AvgIpc) is 2.11. The second-order valence-electron chi connectivity index (χ2n) is 2.57. The Bertz CT molecular complexity index is 246. The van der Waals surface area contributed by atoms with Crippen molar-refractivity contribution in [3.8, 4) is 0 Å². The fourth-order valence-corrected chi connectivity index (χ4v) is 0.616. The van der Waals surface area contributed by atoms with Crippen LogP contribution >= 0.6 is 0 Å². The lowest BCUT2D eigenvalue weighted by Gasteiger charge is -2.07. The van der Waals surface area contributed by atoms with Crippen molar-refractivity contribution in [3.05, 3.63) is 0 Å². The molecule has 6 heteroatoms. The number of oxime groups is 1. The van der Waals surface area contributed by atoms with E-state index in [1.54, 1.807) is 13.8 Å². The van der Waals surface area contributed by atoms with Crippen molar-refractivity contribution in [2.24, 2.45) is 5.16 Å². The summed E-state index contributed by atoms with van der Waals surface area (Å²) in [6, 6.07) is 0. The molecule has 0 saturated carbocycles. The second kappa shape index (κ2) is 5.95. The van der Waals surface area contributed by atoms with Gasteiger partial charge in [-0.2, -0.15) is 0 Å². The number of ether oxygens (including phenoxy) is 2. The summed E-state index contributed by atoms with van der Waals surface area (Å²) in [5.74, 6) is -1.76. The first-order valence-corrected chi connectivity index (χ1v) is 3.93. The fraction of sp³-hybridized carbons (Fsp3) is 0.625. The third kappa shape index (κ3) is 3.88. The second-order valence-corrected chi connectivity index (χ2v) is 2.57. The number of esters is 2. The highest BCUT2D eigenvalue weighted by molar-refractivity contribution is 6.62. The van der Waals surface area contributed by atoms with Gasteiger partial charge >= 0.3 is 11.9 Å². The molecule has 0 saturated heterocycles. The molecule has 0 spiro atoms. The van der Waals surface area contributed by atoms with E-state index in [2.05, 4.69) is 14.7 Å². The molecule has 80 valence electrons. The maximum atomic E-state index is 11.2. The summed E-state index contributed by atoms with van der Waals surface area (Å²) < 4.78 is 9.05. The highest BCUT2D eigenvalue weighted by Crippen LogP contribution is 1.94. The van der Waals surface area contributed by atoms with Crippen LogP contribution in [0.2, 0.25) is 0 Å². The van der Waals surface area contributed by atoms with Crippen molar-refractivity contribution < 1.29 is 23.9 Å². The molecule has 0 bridgehead atoms. The molecule has 0 aliphatic heterocycles. The van der Waals surface area contributed by atoms with Gasteiger partial charge in [-0.25, -0.2) is 9.59 Å². The quantitative estimate of drug-likeness (QED) is 0.280. The van der Waals surface area contributed by atoms with Gasteiger partial charge in [-0.05, 0) is 13.8 Å². The Labute approximate surface area is 81.8 Å². The van der Waals surface area contributed by atoms with E-state index in [1.165, 1.54) is 7.11 Å². The first-order chi connectivity index (χ1) is 6.52. The van der Waals surface area contributed by atoms with Crippen LogP contribution < -0.4 is 0 Å². The zero-order valence-electron chi connectivity index (χ0n) is 8.57. The van der Waals surface area contributed by atoms with Crippen LogP contribution in [0.15, 0.2) is 5.16 Å². The van der Waals surface area contributed by atoms with Crippen LogP contribution in [0.1, 0.15) is 13.8 Å². The van der Waals surface area contributed by atoms with E-state index >= 15 is 0 Å². The number of rotatable bonds is 4. The predicted octanol–water partition coefficient (Wildman–Crippen LogP) is 0.113. The molecule has 0 fully saturated rings. The maximum Gasteiger partial charge on any atom is 0.368 e. The molecule has 0 rings (SSSR count). The van der Waals surface area contributed by atoms with E-state index in [9.17, 15) is 9.59 Å². The Morgan fingerprint density at radius 2 is 1.71 bits per heavy atom. The van der Waals surface area contributed by atoms with Crippen LogP contribution in [-0.2, 0) is 23.9 Å². The van der Waals surface area contributed by atoms with Crippen molar-refractivity contribution in [1.29, 1.82) is 0 Å². The summed E-state index contributed by atoms with van der Waals surface area (Å²) in [6.45, 7) is 3.30. The molecule has 0 aromatic carbocycles. The molecule has 0 radical (unpaired) electrons. The highest BCUT2D eigenvalue weighted by Gasteiger charge is 2.24. The normalized spacial score (nSPS) is 11.1. The number of carbonyl (C=O) groups is 2. The van der Waals surface area contributed by atoms with Gasteiger partial charge in [0.05, 0.1) is 13.2 Å². The van der Waals surface area contributed by atoms with E-state index in [4.69, 9.17) is 4.74 Å². The van der Waals surface area contributed by atoms with Gasteiger partial charge in [-0.3, -0.25) is 0 Å². The van der Waals surface area contributed by atoms with Crippen molar-refractivity contribution in [1.82, 2.24) is 0 Å². The van der Waals surface area contributed by atoms with Crippen LogP contribution in [0.4, 0.5) is 0 Å². The third-order valence-corrected chi connectivity index (χ3v) is 1.10. The van der Waals surface area contributed by atoms with Gasteiger partial charge in [0, 0.05) is 0 Å². The van der Waals surface area contributed by atoms with Crippen molar-refractivity contribution in [3.63, 3.8) is 0 Å². The number of carbonyl (C=O) groups excluding carboxylic acids is 2. The molecule has 0 aliphatic carbocycles. The number of nitrogens with zero attached hydrogens (tertiary/aromatic N) is 1. The monoisotopic (exact) mass is 203 g/mol. The molecular formula is C8H13NO5. The van der Waals surface area contributed by atoms with Crippen LogP contribution in [0.3, 0.4) is 0 Å². The predicted molar refractivity (Wildman–Crippen MR) is 47.7 cm³/mol. The standard InChI is InChI=1S/C8H13NO5/c1-5(2)14-8(11)6(9-13-4)7(10)12-3/h5H,1-4H3/b9-6+. The average molecular weight is 203 g/mol. The van der Waals surface area contributed by atoms with E-state index in [-0.39, 0.29) is 6.10 Å². The zero-order chi connectivity index (χ0) is 11.1. The summed E-state index contributed by atoms with van der Waals surface area (Å²) in [6.07, 6.45) is -0.339. The number of methoxy groups -OCH3 is 1. The molecule has 0 unspecified atom stereocenters. The van der Waals surface area contributed by atoms with Crippen LogP contribution in [0.25, 0.3) is 0 Å². The highest BCUT2D eigenvalue weighted by atomic mass is 16.6. The molecule has 0 atom stereocenters. The molecule has 14 heavy (non-hydrogen) atoms. The van der Waals surface area contributed by atoms with Gasteiger partial charge < -0.3 is 14.3 Å². The van der Waals surface area contributed by atoms with Crippen molar-refractivity contribution >= 4 is 17.7 Å². The molecule has 6 nitrogen and oxygen atoms in total. The first-order valence-electron chi connectivity index (χ1n) is 3.93. The van der Waals surface area contributed by atoms with Gasteiger partial charge in [0.2, 0.25) is 0 Å². The smallest absolute Gasteiger partial charge is 0.368 e. The molecule has 0 N–H and O–H groups in total. The van der Waals surface area contributed by atoms with E-state index in [0.29, 0.717) is 0 Å². The Balaban J connectivity index is 4.59. The summed E-state index contributed by atoms with van der Waals surface area (Å²) in [5, 5.41) is 3.22. The maximum absolute atomic E-state index is 11.2. The minimum atomic E-state index is -0.891. The van der Waals surface area contributed by atoms with E-state index < -0.39 is 17.7 Å². The molecule has 0 aromatic rings. The summed E-state index contributed by atoms with van der Waals surface area (Å²) in [5.41, 5.74) is -0.510. The van der Waals surface area contributed by atoms with E-state index in [1.807, 2.05) is 0 Å². The Kier molecular flexibility index (Phi) is 5.28. The SMILES string of the molecule is CO/N=C(\C(=O)OC)C(=O)OC(C)C. The van der Waals surface area contributed by atoms with Crippen LogP contribution in [0, 0.1) is 0 Å². The lowest BCUT2D eigenvalue weighted by molar-refractivity contribution is -0.142. The summed E-state index contributed by atoms with van der Waals surface area (Å²) in [7, 11) is 2.35. The third-order valence-electron chi connectivity index (χ3n) is 1.10. The van der Waals surface area contributed by atoms with Gasteiger partial charge in [0.25, 0.3) is 5.71 Å². The van der Waals surface area contributed by atoms with Gasteiger partial charge in [0.15, 0.2) is 0 Å². The Hall–Kier alpha value is -1.59. The fourth-order valence-electron chi connectivity index (χ4n) is 0.616. The molecule has 0 amide bonds. The lowest BCUT2D eigenvalue weighted by atomic mass is 10.4. The molecule has 0 heterocycles. The van der Waals surface area contributed by atoms with Gasteiger partial charge in [-0.1, -0.05) is 5.16 Å². The Morgan fingerprint density at radius 3 is 2.07 bits per heavy atom. The largest absolute Gasteiger partial charge is 0.464 e. The van der Waals surface area contributed by atoms with Crippen LogP contribution in [0.5, 0.6) is 0 Å². The molecule has 0 aliphatic rings. The van der Waals surface area contributed by atoms with E-state index in [0.717, 1.165) is 7.11 Å². The van der Waals surface area contributed by atoms with Crippen molar-refractivity contribution in [2.75, 3.05) is 14.2 Å².